The van der Waals surface area contributed by atoms with Crippen molar-refractivity contribution in [3.05, 3.63) is 36.2 Å². The Morgan fingerprint density at radius 2 is 2.08 bits per heavy atom. The van der Waals surface area contributed by atoms with Crippen LogP contribution in [0.15, 0.2) is 19.2 Å². The highest BCUT2D eigenvalue weighted by molar-refractivity contribution is 5.62. The van der Waals surface area contributed by atoms with Gasteiger partial charge in [0.1, 0.15) is 5.75 Å². The van der Waals surface area contributed by atoms with Gasteiger partial charge >= 0.3 is 0 Å². The van der Waals surface area contributed by atoms with Crippen molar-refractivity contribution in [2.75, 3.05) is 0 Å². The molecule has 0 fully saturated rings. The van der Waals surface area contributed by atoms with Crippen LogP contribution in [0.1, 0.15) is 17.0 Å². The van der Waals surface area contributed by atoms with E-state index in [1.165, 1.54) is 0 Å². The predicted molar refractivity (Wildman–Crippen MR) is 50.8 cm³/mol. The van der Waals surface area contributed by atoms with Crippen LogP contribution < -0.4 is 0 Å². The number of aromatic nitrogens is 1. The average molecular weight is 161 g/mol. The average Bonchev–Trinajstić information content (AvgIpc) is 2.09. The largest absolute Gasteiger partial charge is 0.506 e. The fourth-order valence-electron chi connectivity index (χ4n) is 0.955. The summed E-state index contributed by atoms with van der Waals surface area (Å²) >= 11 is 0. The normalized spacial score (nSPS) is 9.42. The third-order valence-electron chi connectivity index (χ3n) is 1.66. The molecule has 2 heteroatoms. The monoisotopic (exact) mass is 161 g/mol. The van der Waals surface area contributed by atoms with Crippen molar-refractivity contribution in [2.24, 2.45) is 0 Å². The second-order valence-electron chi connectivity index (χ2n) is 2.48. The molecule has 0 aliphatic carbocycles. The van der Waals surface area contributed by atoms with Crippen molar-refractivity contribution < 1.29 is 5.11 Å². The quantitative estimate of drug-likeness (QED) is 0.722. The third kappa shape index (κ3) is 1.37. The SMILES string of the molecule is C=Cc1cc(O)c(C)nc1C=C. The molecule has 0 bridgehead atoms. The minimum absolute atomic E-state index is 0.190. The number of pyridine rings is 1. The summed E-state index contributed by atoms with van der Waals surface area (Å²) in [5.74, 6) is 0.190. The van der Waals surface area contributed by atoms with E-state index in [-0.39, 0.29) is 5.75 Å². The van der Waals surface area contributed by atoms with Crippen LogP contribution >= 0.6 is 0 Å². The van der Waals surface area contributed by atoms with Crippen LogP contribution in [0.2, 0.25) is 0 Å². The smallest absolute Gasteiger partial charge is 0.137 e. The van der Waals surface area contributed by atoms with Crippen LogP contribution in [0.3, 0.4) is 0 Å². The summed E-state index contributed by atoms with van der Waals surface area (Å²) in [6.45, 7) is 8.98. The van der Waals surface area contributed by atoms with Crippen LogP contribution in [0, 0.1) is 6.92 Å². The highest BCUT2D eigenvalue weighted by Gasteiger charge is 2.02. The molecule has 12 heavy (non-hydrogen) atoms. The Hall–Kier alpha value is -1.57. The van der Waals surface area contributed by atoms with Crippen LogP contribution in [0.4, 0.5) is 0 Å². The zero-order chi connectivity index (χ0) is 9.14. The summed E-state index contributed by atoms with van der Waals surface area (Å²) < 4.78 is 0. The first-order chi connectivity index (χ1) is 5.69. The Bertz CT molecular complexity index is 296. The Balaban J connectivity index is 3.37. The van der Waals surface area contributed by atoms with Crippen LogP contribution in [-0.2, 0) is 0 Å². The van der Waals surface area contributed by atoms with E-state index in [0.717, 1.165) is 11.3 Å². The molecule has 0 atom stereocenters. The molecule has 0 amide bonds. The topological polar surface area (TPSA) is 33.1 Å². The van der Waals surface area contributed by atoms with Crippen LogP contribution in [0.5, 0.6) is 5.75 Å². The van der Waals surface area contributed by atoms with Gasteiger partial charge in [-0.1, -0.05) is 19.2 Å². The van der Waals surface area contributed by atoms with Crippen LogP contribution in [-0.4, -0.2) is 10.1 Å². The van der Waals surface area contributed by atoms with E-state index in [0.29, 0.717) is 5.69 Å². The zero-order valence-electron chi connectivity index (χ0n) is 7.04. The first kappa shape index (κ1) is 8.53. The fourth-order valence-corrected chi connectivity index (χ4v) is 0.955. The molecule has 0 spiro atoms. The zero-order valence-corrected chi connectivity index (χ0v) is 7.04. The first-order valence-electron chi connectivity index (χ1n) is 3.64. The van der Waals surface area contributed by atoms with Gasteiger partial charge in [0, 0.05) is 5.56 Å². The van der Waals surface area contributed by atoms with Crippen molar-refractivity contribution in [2.45, 2.75) is 6.92 Å². The maximum Gasteiger partial charge on any atom is 0.137 e. The van der Waals surface area contributed by atoms with Gasteiger partial charge in [0.25, 0.3) is 0 Å². The number of aryl methyl sites for hydroxylation is 1. The lowest BCUT2D eigenvalue weighted by atomic mass is 10.1. The summed E-state index contributed by atoms with van der Waals surface area (Å²) in [5, 5.41) is 9.31. The van der Waals surface area contributed by atoms with E-state index in [1.807, 2.05) is 0 Å². The molecule has 2 nitrogen and oxygen atoms in total. The van der Waals surface area contributed by atoms with Crippen molar-refractivity contribution in [1.29, 1.82) is 0 Å². The Morgan fingerprint density at radius 3 is 2.58 bits per heavy atom. The van der Waals surface area contributed by atoms with Gasteiger partial charge in [-0.2, -0.15) is 0 Å². The molecule has 0 saturated heterocycles. The summed E-state index contributed by atoms with van der Waals surface area (Å²) in [5.41, 5.74) is 2.16. The summed E-state index contributed by atoms with van der Waals surface area (Å²) in [7, 11) is 0. The van der Waals surface area contributed by atoms with Crippen molar-refractivity contribution in [3.8, 4) is 5.75 Å². The molecule has 0 radical (unpaired) electrons. The third-order valence-corrected chi connectivity index (χ3v) is 1.66. The lowest BCUT2D eigenvalue weighted by Crippen LogP contribution is -1.89. The second-order valence-corrected chi connectivity index (χ2v) is 2.48. The summed E-state index contributed by atoms with van der Waals surface area (Å²) in [6.07, 6.45) is 3.28. The van der Waals surface area contributed by atoms with E-state index in [9.17, 15) is 5.11 Å². The van der Waals surface area contributed by atoms with E-state index < -0.39 is 0 Å². The molecule has 1 rings (SSSR count). The molecule has 62 valence electrons. The predicted octanol–water partition coefficient (Wildman–Crippen LogP) is 2.38. The number of hydrogen-bond donors (Lipinski definition) is 1. The molecule has 1 heterocycles. The van der Waals surface area contributed by atoms with Gasteiger partial charge in [0.15, 0.2) is 0 Å². The number of aromatic hydroxyl groups is 1. The lowest BCUT2D eigenvalue weighted by Gasteiger charge is -2.03. The number of hydrogen-bond acceptors (Lipinski definition) is 2. The lowest BCUT2D eigenvalue weighted by molar-refractivity contribution is 0.467. The minimum atomic E-state index is 0.190. The highest BCUT2D eigenvalue weighted by atomic mass is 16.3. The molecule has 0 saturated carbocycles. The fraction of sp³-hybridized carbons (Fsp3) is 0.100. The Morgan fingerprint density at radius 1 is 1.42 bits per heavy atom. The van der Waals surface area contributed by atoms with Gasteiger partial charge in [0.05, 0.1) is 11.4 Å². The van der Waals surface area contributed by atoms with Gasteiger partial charge in [-0.05, 0) is 19.1 Å². The van der Waals surface area contributed by atoms with E-state index in [4.69, 9.17) is 0 Å². The first-order valence-corrected chi connectivity index (χ1v) is 3.64. The van der Waals surface area contributed by atoms with E-state index in [2.05, 4.69) is 18.1 Å². The molecular weight excluding hydrogens is 150 g/mol. The van der Waals surface area contributed by atoms with E-state index in [1.54, 1.807) is 25.1 Å². The number of nitrogens with zero attached hydrogens (tertiary/aromatic N) is 1. The van der Waals surface area contributed by atoms with Crippen LogP contribution in [0.25, 0.3) is 12.2 Å². The molecule has 1 aromatic heterocycles. The van der Waals surface area contributed by atoms with Gasteiger partial charge in [-0.25, -0.2) is 4.98 Å². The number of rotatable bonds is 2. The van der Waals surface area contributed by atoms with Crippen molar-refractivity contribution >= 4 is 12.2 Å². The van der Waals surface area contributed by atoms with Gasteiger partial charge < -0.3 is 5.11 Å². The summed E-state index contributed by atoms with van der Waals surface area (Å²) in [4.78, 5) is 4.12. The Labute approximate surface area is 71.9 Å². The molecule has 1 aromatic rings. The molecule has 1 N–H and O–H groups in total. The molecule has 0 unspecified atom stereocenters. The minimum Gasteiger partial charge on any atom is -0.506 e. The highest BCUT2D eigenvalue weighted by Crippen LogP contribution is 2.19. The maximum atomic E-state index is 9.31. The summed E-state index contributed by atoms with van der Waals surface area (Å²) in [6, 6.07) is 1.63. The Kier molecular flexibility index (Phi) is 2.29. The van der Waals surface area contributed by atoms with Gasteiger partial charge in [-0.3, -0.25) is 0 Å². The standard InChI is InChI=1S/C10H11NO/c1-4-8-6-10(12)7(3)11-9(8)5-2/h4-6,12H,1-2H2,3H3. The van der Waals surface area contributed by atoms with Gasteiger partial charge in [0.2, 0.25) is 0 Å². The van der Waals surface area contributed by atoms with Gasteiger partial charge in [-0.15, -0.1) is 0 Å². The molecule has 0 aliphatic rings. The second kappa shape index (κ2) is 3.22. The van der Waals surface area contributed by atoms with Crippen molar-refractivity contribution in [3.63, 3.8) is 0 Å². The van der Waals surface area contributed by atoms with E-state index >= 15 is 0 Å². The van der Waals surface area contributed by atoms with Crippen molar-refractivity contribution in [1.82, 2.24) is 4.98 Å². The maximum absolute atomic E-state index is 9.31. The molecule has 0 aromatic carbocycles. The molecular formula is C10H11NO. The molecule has 0 aliphatic heterocycles.